The molecule has 13 saturated heterocycles. The Balaban J connectivity index is 0.847. The summed E-state index contributed by atoms with van der Waals surface area (Å²) in [5.41, 5.74) is 0. The average molecular weight is 2210 g/mol. The van der Waals surface area contributed by atoms with Crippen molar-refractivity contribution >= 4 is 11.8 Å². The zero-order valence-corrected chi connectivity index (χ0v) is 79.2. The first-order chi connectivity index (χ1) is 71.0. The molecule has 65 atom stereocenters. The third-order valence-corrected chi connectivity index (χ3v) is 27.9. The Hall–Kier alpha value is -3.62. The third-order valence-electron chi connectivity index (χ3n) is 27.9. The molecule has 13 rings (SSSR count). The van der Waals surface area contributed by atoms with Crippen LogP contribution in [0.25, 0.3) is 0 Å². The van der Waals surface area contributed by atoms with Gasteiger partial charge in [0.05, 0.1) is 85.9 Å². The van der Waals surface area contributed by atoms with Crippen molar-refractivity contribution in [1.82, 2.24) is 10.6 Å². The Bertz CT molecular complexity index is 4070. The minimum atomic E-state index is -2.84. The van der Waals surface area contributed by atoms with Gasteiger partial charge in [0.25, 0.3) is 0 Å². The van der Waals surface area contributed by atoms with Crippen molar-refractivity contribution in [1.29, 1.82) is 0 Å². The van der Waals surface area contributed by atoms with Crippen molar-refractivity contribution < 1.29 is 327 Å². The van der Waals surface area contributed by atoms with Crippen molar-refractivity contribution in [3.05, 3.63) is 0 Å². The van der Waals surface area contributed by atoms with Crippen molar-refractivity contribution in [2.24, 2.45) is 0 Å². The first kappa shape index (κ1) is 123. The van der Waals surface area contributed by atoms with E-state index >= 15 is 0 Å². The second kappa shape index (κ2) is 53.8. The minimum Gasteiger partial charge on any atom is -0.394 e. The number of hydrogen-bond donors (Lipinski definition) is 41. The number of amides is 2. The molecule has 13 aliphatic rings. The van der Waals surface area contributed by atoms with E-state index in [9.17, 15) is 209 Å². The summed E-state index contributed by atoms with van der Waals surface area (Å²) in [6.45, 7) is -13.1. The summed E-state index contributed by atoms with van der Waals surface area (Å²) in [4.78, 5) is 25.6. The van der Waals surface area contributed by atoms with Crippen molar-refractivity contribution in [3.8, 4) is 0 Å². The Morgan fingerprint density at radius 1 is 0.173 bits per heavy atom. The lowest BCUT2D eigenvalue weighted by Gasteiger charge is -2.51. The van der Waals surface area contributed by atoms with Gasteiger partial charge >= 0.3 is 0 Å². The highest BCUT2D eigenvalue weighted by Crippen LogP contribution is 2.43. The van der Waals surface area contributed by atoms with Crippen LogP contribution in [0.2, 0.25) is 0 Å². The number of aliphatic hydroxyl groups is 39. The molecule has 2 amide bonds. The van der Waals surface area contributed by atoms with E-state index in [2.05, 4.69) is 10.6 Å². The van der Waals surface area contributed by atoms with Crippen LogP contribution in [0.15, 0.2) is 0 Å². The lowest BCUT2D eigenvalue weighted by molar-refractivity contribution is -0.410. The van der Waals surface area contributed by atoms with Crippen LogP contribution >= 0.6 is 0 Å². The fourth-order valence-corrected chi connectivity index (χ4v) is 19.1. The van der Waals surface area contributed by atoms with E-state index in [1.54, 1.807) is 0 Å². The van der Waals surface area contributed by atoms with E-state index in [1.807, 2.05) is 0 Å². The van der Waals surface area contributed by atoms with Crippen molar-refractivity contribution in [2.45, 2.75) is 413 Å². The Morgan fingerprint density at radius 3 is 0.713 bits per heavy atom. The summed E-state index contributed by atoms with van der Waals surface area (Å²) in [5.74, 6) is -1.90. The van der Waals surface area contributed by atoms with E-state index in [1.165, 1.54) is 0 Å². The first-order valence-electron chi connectivity index (χ1n) is 47.7. The van der Waals surface area contributed by atoms with Gasteiger partial charge in [0.15, 0.2) is 81.8 Å². The molecule has 13 fully saturated rings. The summed E-state index contributed by atoms with van der Waals surface area (Å²) in [6.07, 6.45) is -141. The van der Waals surface area contributed by atoms with Gasteiger partial charge in [-0.05, 0) is 0 Å². The average Bonchev–Trinajstić information content (AvgIpc) is 0.838. The van der Waals surface area contributed by atoms with Gasteiger partial charge in [0, 0.05) is 13.8 Å². The van der Waals surface area contributed by atoms with E-state index in [0.29, 0.717) is 0 Å². The van der Waals surface area contributed by atoms with Gasteiger partial charge in [-0.1, -0.05) is 0 Å². The van der Waals surface area contributed by atoms with Crippen LogP contribution in [0.3, 0.4) is 0 Å². The van der Waals surface area contributed by atoms with E-state index < -0.39 is 497 Å². The molecule has 0 aromatic carbocycles. The summed E-state index contributed by atoms with van der Waals surface area (Å²) >= 11 is 0. The summed E-state index contributed by atoms with van der Waals surface area (Å²) in [5, 5.41) is 441. The predicted octanol–water partition coefficient (Wildman–Crippen LogP) is -29.0. The molecule has 0 aromatic heterocycles. The first-order valence-corrected chi connectivity index (χ1v) is 47.7. The third kappa shape index (κ3) is 26.7. The highest BCUT2D eigenvalue weighted by molar-refractivity contribution is 5.73. The van der Waals surface area contributed by atoms with Crippen molar-refractivity contribution in [3.63, 3.8) is 0 Å². The number of hydrogen-bond acceptors (Lipinski definition) is 66. The van der Waals surface area contributed by atoms with Gasteiger partial charge in [-0.2, -0.15) is 0 Å². The van der Waals surface area contributed by atoms with Crippen LogP contribution in [0, 0.1) is 0 Å². The van der Waals surface area contributed by atoms with Crippen LogP contribution in [-0.4, -0.2) is 696 Å². The molecule has 0 aromatic rings. The molecule has 68 nitrogen and oxygen atoms in total. The van der Waals surface area contributed by atoms with Gasteiger partial charge in [0.1, 0.15) is 317 Å². The van der Waals surface area contributed by atoms with Gasteiger partial charge in [-0.15, -0.1) is 0 Å². The molecule has 872 valence electrons. The van der Waals surface area contributed by atoms with Crippen LogP contribution in [0.5, 0.6) is 0 Å². The van der Waals surface area contributed by atoms with Gasteiger partial charge in [-0.3, -0.25) is 9.59 Å². The molecule has 41 N–H and O–H groups in total. The van der Waals surface area contributed by atoms with E-state index in [-0.39, 0.29) is 0 Å². The van der Waals surface area contributed by atoms with Gasteiger partial charge in [-0.25, -0.2) is 0 Å². The molecule has 150 heavy (non-hydrogen) atoms. The largest absolute Gasteiger partial charge is 0.394 e. The Morgan fingerprint density at radius 2 is 0.367 bits per heavy atom. The number of carbonyl (C=O) groups excluding carboxylic acids is 2. The topological polar surface area (TPSA) is 1080 Å². The summed E-state index contributed by atoms with van der Waals surface area (Å²) in [6, 6.07) is -3.83. The quantitative estimate of drug-likeness (QED) is 0.0272. The predicted molar refractivity (Wildman–Crippen MR) is 451 cm³/mol. The molecule has 0 aliphatic carbocycles. The lowest BCUT2D eigenvalue weighted by atomic mass is 9.94. The number of carbonyl (C=O) groups is 2. The van der Waals surface area contributed by atoms with Crippen LogP contribution < -0.4 is 10.6 Å². The summed E-state index contributed by atoms with van der Waals surface area (Å²) in [7, 11) is 0. The molecule has 0 saturated carbocycles. The SMILES string of the molecule is CC(=O)N[C@@H]1[C@@H](O)[C@H](O[C@@H]2O[C@H](CO)[C@@H](O[C@@H]3O[C@H](CO[C@H]4O[C@H](CO[C@H]5O[C@H](CO)[C@@H](O)[C@H](O)[C@@H]5O[C@H]5O[C@H](CO)[C@@H](O)[C@H](O)[C@@H]5O)[C@@H](O)[C@H](O[C@H]5O[C@H](CO)[C@@H](O)[C@H](O)[C@@H]5O)[C@@H]4O)[C@@H](O)[C@H](O[C@H]4O[C@H](CO[C@H]5O[C@H](CO[C@H]6O[C@H](CO[C@H]7O[C@H](CO)[C@@H](O)[C@H](O)[C@@H]7O)[C@@H](O)[C@H](O)[C@@H]6O)[C@@H](O)[C@@H](O)[C@@H]5O)[C@@H](O)[C@H](O)[C@@H]4O[C@H]4O[C@H](CO)[C@@H](O)[C@H](O)[C@@H]4O[C@H]4O[C@H](CO)[C@@H](O)[C@H](O)[C@@H]4O)[C@@H]3O)[C@H](O)[C@H]2NC(C)=O)[C@@H](CO)O[C@H]1O. The summed E-state index contributed by atoms with van der Waals surface area (Å²) < 4.78 is 147. The molecule has 0 bridgehead atoms. The Kier molecular flexibility index (Phi) is 44.2. The van der Waals surface area contributed by atoms with Crippen LogP contribution in [-0.2, 0) is 128 Å². The highest BCUT2D eigenvalue weighted by atomic mass is 16.8. The number of aliphatic hydroxyl groups excluding tert-OH is 39. The molecule has 0 unspecified atom stereocenters. The van der Waals surface area contributed by atoms with Crippen LogP contribution in [0.1, 0.15) is 13.8 Å². The monoisotopic (exact) mass is 2210 g/mol. The molecule has 13 aliphatic heterocycles. The normalized spacial score (nSPS) is 52.1. The van der Waals surface area contributed by atoms with E-state index in [4.69, 9.17) is 118 Å². The number of ether oxygens (including phenoxy) is 25. The zero-order valence-electron chi connectivity index (χ0n) is 79.2. The molecule has 68 heteroatoms. The number of rotatable bonds is 39. The minimum absolute atomic E-state index is 0.857. The molecular formula is C82H138N2O66. The lowest BCUT2D eigenvalue weighted by Crippen LogP contribution is -2.70. The number of nitrogens with one attached hydrogen (secondary N) is 2. The smallest absolute Gasteiger partial charge is 0.217 e. The van der Waals surface area contributed by atoms with Crippen molar-refractivity contribution in [2.75, 3.05) is 85.9 Å². The fourth-order valence-electron chi connectivity index (χ4n) is 19.1. The second-order valence-electron chi connectivity index (χ2n) is 38.1. The Labute approximate surface area is 845 Å². The second-order valence-corrected chi connectivity index (χ2v) is 38.1. The van der Waals surface area contributed by atoms with E-state index in [0.717, 1.165) is 13.8 Å². The zero-order chi connectivity index (χ0) is 110. The molecule has 0 radical (unpaired) electrons. The molecular weight excluding hydrogens is 2070 g/mol. The maximum Gasteiger partial charge on any atom is 0.217 e. The maximum atomic E-state index is 13.3. The maximum absolute atomic E-state index is 13.3. The van der Waals surface area contributed by atoms with Crippen LogP contribution in [0.4, 0.5) is 0 Å². The fraction of sp³-hybridized carbons (Fsp3) is 0.976. The standard InChI is InChI=1S/C82H138N2O66/c1-16(93)83-31-44(106)63(24(9-91)131-70(31)125)144-71-32(84-17(2)94)45(107)64(25(10-92)138-71)145-79-62(124)66(43(105)30(142-79)14-129-75-61(123)65(146-76-58(120)47(109)34(96)19(4-86)133-76)42(104)29(141-75)15-130-80-67(52(114)37(99)22(7-89)136-80)148-77-59(121)48(110)35(97)20(5-87)134-77)147-82-69(150-81-68(53(115)38(100)23(8-90)137-81)149-78-60(122)49(111)36(98)21(6-88)135-78)54(116)41(103)28(143-82)13-128-74-57(119)51(113)40(102)27(140-74)12-127-73-56(118)50(112)39(101)26(139-73)11-126-72-55(117)46(108)33(95)18(3-85)132-72/h18-82,85-92,95-125H,3-15H2,1-2H3,(H,83,93)(H,84,94)/t18-,19-,20-,21-,22-,23-,24-,25-,26-,27-,28-,29-,30-,31-,32-,33-,34-,35-,36-,37-,38-,39-,40-,41-,42-,43-,44-,45-,46+,47+,48+,49+,50+,51-,52+,53+,54+,55+,56+,57+,58+,59+,60+,61+,62+,63-,64-,65+,66+,67+,68+,69+,70-,71+,72+,73+,74+,75+,76-,77-,78-,79+,80+,81-,82-/m1/s1. The molecule has 13 heterocycles. The molecule has 0 spiro atoms. The van der Waals surface area contributed by atoms with Gasteiger partial charge in [0.2, 0.25) is 11.8 Å². The van der Waals surface area contributed by atoms with Gasteiger partial charge < -0.3 is 328 Å². The highest BCUT2D eigenvalue weighted by Gasteiger charge is 2.64.